The van der Waals surface area contributed by atoms with Crippen molar-refractivity contribution in [2.24, 2.45) is 5.41 Å². The van der Waals surface area contributed by atoms with Crippen LogP contribution in [0.4, 0.5) is 0 Å². The lowest BCUT2D eigenvalue weighted by atomic mass is 9.73. The van der Waals surface area contributed by atoms with Crippen molar-refractivity contribution in [2.75, 3.05) is 33.3 Å². The fourth-order valence-electron chi connectivity index (χ4n) is 6.05. The quantitative estimate of drug-likeness (QED) is 0.463. The number of para-hydroxylation sites is 1. The summed E-state index contributed by atoms with van der Waals surface area (Å²) in [6.07, 6.45) is 7.76. The van der Waals surface area contributed by atoms with Crippen molar-refractivity contribution in [3.05, 3.63) is 57.0 Å². The fraction of sp³-hybridized carbons (Fsp3) is 0.533. The van der Waals surface area contributed by atoms with E-state index in [0.717, 1.165) is 37.9 Å². The van der Waals surface area contributed by atoms with Crippen LogP contribution in [0.15, 0.2) is 35.4 Å². The Kier molecular flexibility index (Phi) is 8.07. The largest absolute Gasteiger partial charge is 0.491 e. The number of likely N-dealkylation sites (N-methyl/N-ethyl adjacent to an activating group) is 1. The zero-order chi connectivity index (χ0) is 27.6. The topological polar surface area (TPSA) is 84.7 Å². The maximum absolute atomic E-state index is 13.8. The molecule has 0 unspecified atom stereocenters. The molecular formula is C30H38N4O4S. The van der Waals surface area contributed by atoms with Crippen molar-refractivity contribution in [3.8, 4) is 5.75 Å². The predicted octanol–water partition coefficient (Wildman–Crippen LogP) is 4.66. The highest BCUT2D eigenvalue weighted by molar-refractivity contribution is 7.20. The molecule has 208 valence electrons. The number of hydrogen-bond acceptors (Lipinski definition) is 6. The molecule has 0 N–H and O–H groups in total. The number of fused-ring (bicyclic) bond motifs is 2. The molecule has 4 heterocycles. The van der Waals surface area contributed by atoms with Gasteiger partial charge in [0, 0.05) is 26.7 Å². The van der Waals surface area contributed by atoms with Gasteiger partial charge in [0.05, 0.1) is 28.6 Å². The number of piperidine rings is 1. The van der Waals surface area contributed by atoms with Crippen LogP contribution in [-0.2, 0) is 17.8 Å². The second kappa shape index (κ2) is 11.5. The predicted molar refractivity (Wildman–Crippen MR) is 154 cm³/mol. The van der Waals surface area contributed by atoms with Crippen LogP contribution in [-0.4, -0.2) is 64.5 Å². The number of aromatic nitrogens is 2. The zero-order valence-electron chi connectivity index (χ0n) is 23.2. The van der Waals surface area contributed by atoms with E-state index in [-0.39, 0.29) is 17.4 Å². The Morgan fingerprint density at radius 3 is 2.62 bits per heavy atom. The van der Waals surface area contributed by atoms with Crippen LogP contribution in [0.3, 0.4) is 0 Å². The van der Waals surface area contributed by atoms with Gasteiger partial charge in [-0.3, -0.25) is 19.0 Å². The number of ether oxygens (including phenoxy) is 1. The van der Waals surface area contributed by atoms with E-state index in [1.54, 1.807) is 10.9 Å². The van der Waals surface area contributed by atoms with Crippen molar-refractivity contribution < 1.29 is 14.3 Å². The Balaban J connectivity index is 1.31. The number of aryl methyl sites for hydroxylation is 3. The average molecular weight is 551 g/mol. The van der Waals surface area contributed by atoms with Crippen molar-refractivity contribution in [3.63, 3.8) is 0 Å². The molecule has 39 heavy (non-hydrogen) atoms. The van der Waals surface area contributed by atoms with E-state index in [2.05, 4.69) is 17.1 Å². The Morgan fingerprint density at radius 1 is 1.08 bits per heavy atom. The zero-order valence-corrected chi connectivity index (χ0v) is 24.0. The van der Waals surface area contributed by atoms with Gasteiger partial charge in [0.25, 0.3) is 11.5 Å². The Labute approximate surface area is 233 Å². The number of likely N-dealkylation sites (tertiary alicyclic amines) is 1. The number of hydrogen-bond donors (Lipinski definition) is 0. The summed E-state index contributed by atoms with van der Waals surface area (Å²) in [5, 5.41) is 0.539. The molecule has 2 aliphatic rings. The van der Waals surface area contributed by atoms with Crippen molar-refractivity contribution in [1.29, 1.82) is 0 Å². The smallest absolute Gasteiger partial charge is 0.264 e. The first-order chi connectivity index (χ1) is 18.8. The number of nitrogens with zero attached hydrogens (tertiary/aromatic N) is 4. The molecule has 1 aromatic carbocycles. The number of carbonyl (C=O) groups excluding carboxylic acids is 2. The second-order valence-electron chi connectivity index (χ2n) is 10.9. The minimum Gasteiger partial charge on any atom is -0.491 e. The summed E-state index contributed by atoms with van der Waals surface area (Å²) in [7, 11) is 1.87. The molecule has 0 bridgehead atoms. The average Bonchev–Trinajstić information content (AvgIpc) is 3.30. The molecule has 1 spiro atoms. The molecule has 5 rings (SSSR count). The van der Waals surface area contributed by atoms with Crippen LogP contribution in [0, 0.1) is 12.3 Å². The van der Waals surface area contributed by atoms with Crippen LogP contribution in [0.2, 0.25) is 0 Å². The normalized spacial score (nSPS) is 18.7. The lowest BCUT2D eigenvalue weighted by Crippen LogP contribution is -2.51. The molecule has 9 heteroatoms. The van der Waals surface area contributed by atoms with Crippen molar-refractivity contribution in [1.82, 2.24) is 19.4 Å². The van der Waals surface area contributed by atoms with Gasteiger partial charge in [-0.1, -0.05) is 31.0 Å². The van der Waals surface area contributed by atoms with Crippen molar-refractivity contribution in [2.45, 2.75) is 65.3 Å². The van der Waals surface area contributed by atoms with E-state index >= 15 is 0 Å². The van der Waals surface area contributed by atoms with Gasteiger partial charge in [-0.25, -0.2) is 4.98 Å². The minimum atomic E-state index is -0.460. The third-order valence-electron chi connectivity index (χ3n) is 8.52. The molecule has 0 aliphatic carbocycles. The van der Waals surface area contributed by atoms with Crippen LogP contribution in [0.25, 0.3) is 10.2 Å². The summed E-state index contributed by atoms with van der Waals surface area (Å²) in [5.41, 5.74) is 1.38. The number of benzene rings is 1. The third-order valence-corrected chi connectivity index (χ3v) is 9.71. The molecule has 2 aromatic heterocycles. The van der Waals surface area contributed by atoms with Gasteiger partial charge in [-0.2, -0.15) is 0 Å². The Morgan fingerprint density at radius 2 is 1.85 bits per heavy atom. The van der Waals surface area contributed by atoms with Gasteiger partial charge in [-0.05, 0) is 63.1 Å². The first kappa shape index (κ1) is 27.4. The van der Waals surface area contributed by atoms with E-state index in [1.165, 1.54) is 16.9 Å². The van der Waals surface area contributed by atoms with Gasteiger partial charge in [0.15, 0.2) is 0 Å². The van der Waals surface area contributed by atoms with E-state index in [1.807, 2.05) is 42.8 Å². The molecule has 0 atom stereocenters. The van der Waals surface area contributed by atoms with E-state index < -0.39 is 5.41 Å². The standard InChI is InChI=1S/C30H38N4O4S/c1-4-33-20-31-26-24(27(33)35)21(2)25(39-26)28(36)34-16-14-30(15-17-34)13-9-5-6-10-22-11-7-8-12-23(22)38-19-18-32(3)29(30)37/h7-8,11-12,20H,4-6,9-10,13-19H2,1-3H3. The van der Waals surface area contributed by atoms with Gasteiger partial charge in [-0.15, -0.1) is 11.3 Å². The van der Waals surface area contributed by atoms with Gasteiger partial charge < -0.3 is 14.5 Å². The minimum absolute atomic E-state index is 0.0654. The first-order valence-electron chi connectivity index (χ1n) is 14.1. The third kappa shape index (κ3) is 5.33. The maximum atomic E-state index is 13.8. The SMILES string of the molecule is CCn1cnc2sc(C(=O)N3CCC4(CCCCCc5ccccc5OCCN(C)C4=O)CC3)c(C)c2c1=O. The molecule has 3 aromatic rings. The lowest BCUT2D eigenvalue weighted by Gasteiger charge is -2.42. The highest BCUT2D eigenvalue weighted by Gasteiger charge is 2.43. The van der Waals surface area contributed by atoms with Gasteiger partial charge >= 0.3 is 0 Å². The van der Waals surface area contributed by atoms with E-state index in [0.29, 0.717) is 66.3 Å². The monoisotopic (exact) mass is 550 g/mol. The Bertz CT molecular complexity index is 1420. The molecule has 1 saturated heterocycles. The van der Waals surface area contributed by atoms with Crippen LogP contribution < -0.4 is 10.3 Å². The van der Waals surface area contributed by atoms with Gasteiger partial charge in [0.1, 0.15) is 17.2 Å². The summed E-state index contributed by atoms with van der Waals surface area (Å²) >= 11 is 1.29. The highest BCUT2D eigenvalue weighted by atomic mass is 32.1. The molecule has 0 saturated carbocycles. The summed E-state index contributed by atoms with van der Waals surface area (Å²) in [6.45, 7) is 6.33. The van der Waals surface area contributed by atoms with Crippen LogP contribution >= 0.6 is 11.3 Å². The molecule has 2 amide bonds. The first-order valence-corrected chi connectivity index (χ1v) is 14.9. The van der Waals surface area contributed by atoms with Crippen LogP contribution in [0.1, 0.15) is 66.2 Å². The lowest BCUT2D eigenvalue weighted by molar-refractivity contribution is -0.144. The van der Waals surface area contributed by atoms with E-state index in [4.69, 9.17) is 4.74 Å². The number of amides is 2. The molecular weight excluding hydrogens is 512 g/mol. The molecule has 2 aliphatic heterocycles. The van der Waals surface area contributed by atoms with E-state index in [9.17, 15) is 14.4 Å². The fourth-order valence-corrected chi connectivity index (χ4v) is 7.15. The number of thiophene rings is 1. The Hall–Kier alpha value is -3.20. The molecule has 8 nitrogen and oxygen atoms in total. The van der Waals surface area contributed by atoms with Crippen LogP contribution in [0.5, 0.6) is 5.75 Å². The maximum Gasteiger partial charge on any atom is 0.264 e. The summed E-state index contributed by atoms with van der Waals surface area (Å²) in [4.78, 5) is 49.6. The summed E-state index contributed by atoms with van der Waals surface area (Å²) < 4.78 is 7.65. The summed E-state index contributed by atoms with van der Waals surface area (Å²) in [6, 6.07) is 8.19. The second-order valence-corrected chi connectivity index (χ2v) is 11.9. The highest BCUT2D eigenvalue weighted by Crippen LogP contribution is 2.40. The van der Waals surface area contributed by atoms with Crippen molar-refractivity contribution >= 4 is 33.4 Å². The number of carbonyl (C=O) groups is 2. The number of rotatable bonds is 2. The molecule has 1 fully saturated rings. The summed E-state index contributed by atoms with van der Waals surface area (Å²) in [5.74, 6) is 1.01. The molecule has 0 radical (unpaired) electrons. The van der Waals surface area contributed by atoms with Gasteiger partial charge in [0.2, 0.25) is 5.91 Å².